The van der Waals surface area contributed by atoms with Gasteiger partial charge in [0.1, 0.15) is 12.1 Å². The summed E-state index contributed by atoms with van der Waals surface area (Å²) in [7, 11) is 1.43. The summed E-state index contributed by atoms with van der Waals surface area (Å²) in [5.41, 5.74) is 0.317. The van der Waals surface area contributed by atoms with Crippen LogP contribution in [0.3, 0.4) is 0 Å². The Bertz CT molecular complexity index is 706. The van der Waals surface area contributed by atoms with Crippen LogP contribution in [-0.4, -0.2) is 36.1 Å². The van der Waals surface area contributed by atoms with Crippen LogP contribution < -0.4 is 4.90 Å². The fraction of sp³-hybridized carbons (Fsp3) is 0.400. The van der Waals surface area contributed by atoms with E-state index in [1.165, 1.54) is 13.4 Å². The lowest BCUT2D eigenvalue weighted by Gasteiger charge is -2.23. The topological polar surface area (TPSA) is 55.3 Å². The molecule has 21 heavy (non-hydrogen) atoms. The zero-order chi connectivity index (χ0) is 15.0. The predicted molar refractivity (Wildman–Crippen MR) is 81.5 cm³/mol. The third kappa shape index (κ3) is 2.42. The number of halogens is 1. The molecule has 0 radical (unpaired) electrons. The molecule has 0 N–H and O–H groups in total. The van der Waals surface area contributed by atoms with Crippen LogP contribution in [0.4, 0.5) is 5.82 Å². The molecule has 2 aromatic rings. The van der Waals surface area contributed by atoms with Crippen molar-refractivity contribution in [2.75, 3.05) is 25.1 Å². The number of rotatable bonds is 2. The van der Waals surface area contributed by atoms with Crippen molar-refractivity contribution in [2.45, 2.75) is 13.3 Å². The van der Waals surface area contributed by atoms with Crippen LogP contribution in [0.2, 0.25) is 5.02 Å². The normalized spacial score (nSPS) is 21.8. The fourth-order valence-electron chi connectivity index (χ4n) is 2.82. The van der Waals surface area contributed by atoms with Gasteiger partial charge in [0.05, 0.1) is 18.0 Å². The van der Waals surface area contributed by atoms with Gasteiger partial charge in [0.2, 0.25) is 0 Å². The van der Waals surface area contributed by atoms with Crippen LogP contribution in [0.5, 0.6) is 0 Å². The maximum atomic E-state index is 11.9. The van der Waals surface area contributed by atoms with Crippen LogP contribution in [0.1, 0.15) is 13.3 Å². The summed E-state index contributed by atoms with van der Waals surface area (Å²) >= 11 is 6.00. The SMILES string of the molecule is COC(=O)C1(C)CCN(c2ncnc3cc(Cl)ccc23)C1. The number of fused-ring (bicyclic) bond motifs is 1. The standard InChI is InChI=1S/C15H16ClN3O2/c1-15(14(20)21-2)5-6-19(8-15)13-11-4-3-10(16)7-12(11)17-9-18-13/h3-4,7,9H,5-6,8H2,1-2H3. The largest absolute Gasteiger partial charge is 0.469 e. The van der Waals surface area contributed by atoms with Gasteiger partial charge in [-0.3, -0.25) is 4.79 Å². The van der Waals surface area contributed by atoms with Gasteiger partial charge in [-0.25, -0.2) is 9.97 Å². The first-order valence-electron chi connectivity index (χ1n) is 6.77. The third-order valence-electron chi connectivity index (χ3n) is 4.03. The van der Waals surface area contributed by atoms with E-state index in [-0.39, 0.29) is 5.97 Å². The molecule has 3 rings (SSSR count). The first-order chi connectivity index (χ1) is 10.0. The molecular weight excluding hydrogens is 290 g/mol. The number of esters is 1. The van der Waals surface area contributed by atoms with Gasteiger partial charge in [0.15, 0.2) is 0 Å². The molecule has 110 valence electrons. The van der Waals surface area contributed by atoms with Crippen molar-refractivity contribution in [3.05, 3.63) is 29.5 Å². The number of ether oxygens (including phenoxy) is 1. The number of methoxy groups -OCH3 is 1. The second-order valence-electron chi connectivity index (χ2n) is 5.58. The quantitative estimate of drug-likeness (QED) is 0.798. The number of nitrogens with zero attached hydrogens (tertiary/aromatic N) is 3. The van der Waals surface area contributed by atoms with E-state index in [4.69, 9.17) is 16.3 Å². The van der Waals surface area contributed by atoms with Crippen molar-refractivity contribution >= 4 is 34.3 Å². The highest BCUT2D eigenvalue weighted by Gasteiger charge is 2.42. The second-order valence-corrected chi connectivity index (χ2v) is 6.02. The predicted octanol–water partition coefficient (Wildman–Crippen LogP) is 2.67. The Hall–Kier alpha value is -1.88. The number of carbonyl (C=O) groups is 1. The fourth-order valence-corrected chi connectivity index (χ4v) is 2.99. The molecule has 0 bridgehead atoms. The second kappa shape index (κ2) is 5.15. The summed E-state index contributed by atoms with van der Waals surface area (Å²) in [6, 6.07) is 5.56. The Balaban J connectivity index is 1.97. The van der Waals surface area contributed by atoms with Crippen LogP contribution >= 0.6 is 11.6 Å². The number of aromatic nitrogens is 2. The molecule has 1 aliphatic heterocycles. The number of anilines is 1. The molecule has 6 heteroatoms. The summed E-state index contributed by atoms with van der Waals surface area (Å²) in [5, 5.41) is 1.59. The van der Waals surface area contributed by atoms with Gasteiger partial charge < -0.3 is 9.64 Å². The molecule has 5 nitrogen and oxygen atoms in total. The van der Waals surface area contributed by atoms with Gasteiger partial charge >= 0.3 is 5.97 Å². The van der Waals surface area contributed by atoms with E-state index in [2.05, 4.69) is 14.9 Å². The van der Waals surface area contributed by atoms with Crippen molar-refractivity contribution in [3.8, 4) is 0 Å². The van der Waals surface area contributed by atoms with Gasteiger partial charge in [0.25, 0.3) is 0 Å². The Kier molecular flexibility index (Phi) is 3.45. The Labute approximate surface area is 127 Å². The highest BCUT2D eigenvalue weighted by Crippen LogP contribution is 2.36. The van der Waals surface area contributed by atoms with Crippen LogP contribution in [-0.2, 0) is 9.53 Å². The summed E-state index contributed by atoms with van der Waals surface area (Å²) < 4.78 is 4.91. The maximum absolute atomic E-state index is 11.9. The smallest absolute Gasteiger partial charge is 0.313 e. The maximum Gasteiger partial charge on any atom is 0.313 e. The van der Waals surface area contributed by atoms with E-state index in [1.54, 1.807) is 0 Å². The van der Waals surface area contributed by atoms with E-state index in [1.807, 2.05) is 25.1 Å². The lowest BCUT2D eigenvalue weighted by atomic mass is 9.90. The molecule has 0 amide bonds. The summed E-state index contributed by atoms with van der Waals surface area (Å²) in [6.07, 6.45) is 2.28. The molecule has 1 unspecified atom stereocenters. The molecule has 2 heterocycles. The monoisotopic (exact) mass is 305 g/mol. The molecule has 1 atom stereocenters. The van der Waals surface area contributed by atoms with Crippen molar-refractivity contribution in [1.29, 1.82) is 0 Å². The third-order valence-corrected chi connectivity index (χ3v) is 4.26. The first-order valence-corrected chi connectivity index (χ1v) is 7.15. The minimum atomic E-state index is -0.488. The molecule has 1 aliphatic rings. The molecular formula is C15H16ClN3O2. The molecule has 1 aromatic heterocycles. The van der Waals surface area contributed by atoms with Gasteiger partial charge in [-0.1, -0.05) is 11.6 Å². The van der Waals surface area contributed by atoms with Crippen molar-refractivity contribution in [1.82, 2.24) is 9.97 Å². The van der Waals surface area contributed by atoms with E-state index in [0.29, 0.717) is 11.6 Å². The van der Waals surface area contributed by atoms with E-state index in [9.17, 15) is 4.79 Å². The lowest BCUT2D eigenvalue weighted by Crippen LogP contribution is -2.33. The first kappa shape index (κ1) is 14.1. The molecule has 1 saturated heterocycles. The molecule has 1 aromatic carbocycles. The number of carbonyl (C=O) groups excluding carboxylic acids is 1. The van der Waals surface area contributed by atoms with E-state index in [0.717, 1.165) is 29.7 Å². The zero-order valence-corrected chi connectivity index (χ0v) is 12.7. The summed E-state index contributed by atoms with van der Waals surface area (Å²) in [4.78, 5) is 22.7. The molecule has 0 aliphatic carbocycles. The van der Waals surface area contributed by atoms with E-state index < -0.39 is 5.41 Å². The average molecular weight is 306 g/mol. The Morgan fingerprint density at radius 1 is 1.43 bits per heavy atom. The average Bonchev–Trinajstić information content (AvgIpc) is 2.89. The Morgan fingerprint density at radius 3 is 3.00 bits per heavy atom. The van der Waals surface area contributed by atoms with Gasteiger partial charge in [-0.15, -0.1) is 0 Å². The summed E-state index contributed by atoms with van der Waals surface area (Å²) in [6.45, 7) is 3.29. The van der Waals surface area contributed by atoms with Gasteiger partial charge in [-0.05, 0) is 31.5 Å². The van der Waals surface area contributed by atoms with Crippen molar-refractivity contribution in [3.63, 3.8) is 0 Å². The molecule has 0 spiro atoms. The van der Waals surface area contributed by atoms with Crippen molar-refractivity contribution in [2.24, 2.45) is 5.41 Å². The highest BCUT2D eigenvalue weighted by molar-refractivity contribution is 6.31. The Morgan fingerprint density at radius 2 is 2.24 bits per heavy atom. The summed E-state index contributed by atoms with van der Waals surface area (Å²) in [5.74, 6) is 0.663. The molecule has 0 saturated carbocycles. The van der Waals surface area contributed by atoms with Crippen LogP contribution in [0, 0.1) is 5.41 Å². The number of benzene rings is 1. The van der Waals surface area contributed by atoms with Gasteiger partial charge in [0, 0.05) is 23.5 Å². The van der Waals surface area contributed by atoms with Crippen molar-refractivity contribution < 1.29 is 9.53 Å². The van der Waals surface area contributed by atoms with Gasteiger partial charge in [-0.2, -0.15) is 0 Å². The van der Waals surface area contributed by atoms with Crippen LogP contribution in [0.15, 0.2) is 24.5 Å². The van der Waals surface area contributed by atoms with E-state index >= 15 is 0 Å². The van der Waals surface area contributed by atoms with Crippen LogP contribution in [0.25, 0.3) is 10.9 Å². The number of hydrogen-bond acceptors (Lipinski definition) is 5. The lowest BCUT2D eigenvalue weighted by molar-refractivity contribution is -0.150. The zero-order valence-electron chi connectivity index (χ0n) is 12.0. The highest BCUT2D eigenvalue weighted by atomic mass is 35.5. The number of hydrogen-bond donors (Lipinski definition) is 0. The molecule has 1 fully saturated rings. The minimum Gasteiger partial charge on any atom is -0.469 e. The minimum absolute atomic E-state index is 0.175.